The van der Waals surface area contributed by atoms with E-state index in [4.69, 9.17) is 0 Å². The van der Waals surface area contributed by atoms with Crippen LogP contribution in [0.15, 0.2) is 0 Å². The number of nitrogens with zero attached hydrogens (tertiary/aromatic N) is 2. The van der Waals surface area contributed by atoms with Gasteiger partial charge in [0.25, 0.3) is 0 Å². The van der Waals surface area contributed by atoms with Gasteiger partial charge in [0.2, 0.25) is 0 Å². The van der Waals surface area contributed by atoms with Crippen LogP contribution >= 0.6 is 0 Å². The Labute approximate surface area is 127 Å². The molecule has 0 aliphatic carbocycles. The molecule has 3 heteroatoms. The van der Waals surface area contributed by atoms with Gasteiger partial charge in [0.05, 0.1) is 0 Å². The molecule has 1 N–H and O–H groups in total. The highest BCUT2D eigenvalue weighted by Gasteiger charge is 2.22. The minimum atomic E-state index is 0.604. The molecule has 1 fully saturated rings. The first kappa shape index (κ1) is 17.9. The van der Waals surface area contributed by atoms with E-state index in [0.29, 0.717) is 6.04 Å². The second-order valence-electron chi connectivity index (χ2n) is 6.98. The van der Waals surface area contributed by atoms with E-state index in [2.05, 4.69) is 49.7 Å². The minimum Gasteiger partial charge on any atom is -0.313 e. The SMILES string of the molecule is CCCN(CCNC(C)C)CC1CCN(C(C)C)CC1. The molecule has 0 aromatic heterocycles. The van der Waals surface area contributed by atoms with Crippen LogP contribution in [0, 0.1) is 5.92 Å². The van der Waals surface area contributed by atoms with Crippen LogP contribution in [0.25, 0.3) is 0 Å². The lowest BCUT2D eigenvalue weighted by Crippen LogP contribution is -2.43. The smallest absolute Gasteiger partial charge is 0.0107 e. The molecule has 1 aliphatic heterocycles. The van der Waals surface area contributed by atoms with Crippen molar-refractivity contribution >= 4 is 0 Å². The molecule has 0 amide bonds. The number of likely N-dealkylation sites (tertiary alicyclic amines) is 1. The second-order valence-corrected chi connectivity index (χ2v) is 6.98. The number of rotatable bonds is 9. The Bertz CT molecular complexity index is 232. The summed E-state index contributed by atoms with van der Waals surface area (Å²) in [7, 11) is 0. The third-order valence-electron chi connectivity index (χ3n) is 4.42. The first-order valence-electron chi connectivity index (χ1n) is 8.72. The Kier molecular flexibility index (Phi) is 8.74. The van der Waals surface area contributed by atoms with Gasteiger partial charge in [-0.3, -0.25) is 0 Å². The summed E-state index contributed by atoms with van der Waals surface area (Å²) < 4.78 is 0. The molecule has 0 unspecified atom stereocenters. The molecular formula is C17H37N3. The first-order valence-corrected chi connectivity index (χ1v) is 8.72. The predicted octanol–water partition coefficient (Wildman–Crippen LogP) is 2.82. The van der Waals surface area contributed by atoms with Crippen LogP contribution in [0.1, 0.15) is 53.9 Å². The average molecular weight is 284 g/mol. The van der Waals surface area contributed by atoms with Crippen molar-refractivity contribution in [3.05, 3.63) is 0 Å². The monoisotopic (exact) mass is 283 g/mol. The van der Waals surface area contributed by atoms with E-state index in [1.165, 1.54) is 52.0 Å². The van der Waals surface area contributed by atoms with Crippen LogP contribution in [-0.4, -0.2) is 61.2 Å². The zero-order valence-electron chi connectivity index (χ0n) is 14.5. The summed E-state index contributed by atoms with van der Waals surface area (Å²) in [5.41, 5.74) is 0. The van der Waals surface area contributed by atoms with Crippen molar-refractivity contribution in [2.45, 2.75) is 66.0 Å². The summed E-state index contributed by atoms with van der Waals surface area (Å²) in [5, 5.41) is 3.54. The Balaban J connectivity index is 2.27. The van der Waals surface area contributed by atoms with Crippen molar-refractivity contribution in [2.24, 2.45) is 5.92 Å². The number of hydrogen-bond donors (Lipinski definition) is 1. The van der Waals surface area contributed by atoms with Crippen LogP contribution in [0.3, 0.4) is 0 Å². The lowest BCUT2D eigenvalue weighted by Gasteiger charge is -2.36. The second kappa shape index (κ2) is 9.75. The van der Waals surface area contributed by atoms with Crippen molar-refractivity contribution in [1.82, 2.24) is 15.1 Å². The van der Waals surface area contributed by atoms with Gasteiger partial charge >= 0.3 is 0 Å². The van der Waals surface area contributed by atoms with E-state index < -0.39 is 0 Å². The van der Waals surface area contributed by atoms with Crippen molar-refractivity contribution in [3.63, 3.8) is 0 Å². The van der Waals surface area contributed by atoms with Gasteiger partial charge in [0.15, 0.2) is 0 Å². The van der Waals surface area contributed by atoms with Gasteiger partial charge in [0.1, 0.15) is 0 Å². The zero-order valence-corrected chi connectivity index (χ0v) is 14.5. The van der Waals surface area contributed by atoms with Gasteiger partial charge in [-0.25, -0.2) is 0 Å². The van der Waals surface area contributed by atoms with Crippen LogP contribution in [0.2, 0.25) is 0 Å². The molecule has 0 aromatic rings. The number of piperidine rings is 1. The summed E-state index contributed by atoms with van der Waals surface area (Å²) in [5.74, 6) is 0.913. The van der Waals surface area contributed by atoms with Gasteiger partial charge in [-0.05, 0) is 58.7 Å². The molecule has 0 atom stereocenters. The summed E-state index contributed by atoms with van der Waals surface area (Å²) in [4.78, 5) is 5.30. The van der Waals surface area contributed by atoms with Gasteiger partial charge < -0.3 is 15.1 Å². The quantitative estimate of drug-likeness (QED) is 0.702. The molecule has 0 aromatic carbocycles. The molecule has 1 aliphatic rings. The molecule has 0 bridgehead atoms. The topological polar surface area (TPSA) is 18.5 Å². The summed E-state index contributed by atoms with van der Waals surface area (Å²) >= 11 is 0. The Hall–Kier alpha value is -0.120. The van der Waals surface area contributed by atoms with Gasteiger partial charge in [-0.2, -0.15) is 0 Å². The molecule has 0 saturated carbocycles. The van der Waals surface area contributed by atoms with Crippen LogP contribution in [0.5, 0.6) is 0 Å². The first-order chi connectivity index (χ1) is 9.52. The van der Waals surface area contributed by atoms with E-state index in [-0.39, 0.29) is 0 Å². The molecule has 1 heterocycles. The largest absolute Gasteiger partial charge is 0.313 e. The van der Waals surface area contributed by atoms with Crippen LogP contribution in [0.4, 0.5) is 0 Å². The number of nitrogens with one attached hydrogen (secondary N) is 1. The maximum atomic E-state index is 3.54. The highest BCUT2D eigenvalue weighted by Crippen LogP contribution is 2.20. The van der Waals surface area contributed by atoms with Gasteiger partial charge in [-0.1, -0.05) is 20.8 Å². The Morgan fingerprint density at radius 3 is 2.25 bits per heavy atom. The van der Waals surface area contributed by atoms with E-state index in [1.807, 2.05) is 0 Å². The molecule has 20 heavy (non-hydrogen) atoms. The fourth-order valence-electron chi connectivity index (χ4n) is 3.14. The Morgan fingerprint density at radius 2 is 1.75 bits per heavy atom. The Morgan fingerprint density at radius 1 is 1.10 bits per heavy atom. The lowest BCUT2D eigenvalue weighted by molar-refractivity contribution is 0.121. The lowest BCUT2D eigenvalue weighted by atomic mass is 9.95. The van der Waals surface area contributed by atoms with E-state index in [0.717, 1.165) is 18.5 Å². The minimum absolute atomic E-state index is 0.604. The van der Waals surface area contributed by atoms with Gasteiger partial charge in [0, 0.05) is 31.7 Å². The fraction of sp³-hybridized carbons (Fsp3) is 1.00. The third-order valence-corrected chi connectivity index (χ3v) is 4.42. The summed E-state index contributed by atoms with van der Waals surface area (Å²) in [6.45, 7) is 18.9. The standard InChI is InChI=1S/C17H37N3/c1-6-10-19(13-9-18-15(2)3)14-17-7-11-20(12-8-17)16(4)5/h15-18H,6-14H2,1-5H3. The molecule has 120 valence electrons. The highest BCUT2D eigenvalue weighted by atomic mass is 15.2. The molecule has 0 radical (unpaired) electrons. The summed E-state index contributed by atoms with van der Waals surface area (Å²) in [6.07, 6.45) is 4.04. The van der Waals surface area contributed by atoms with Crippen molar-refractivity contribution in [1.29, 1.82) is 0 Å². The van der Waals surface area contributed by atoms with E-state index in [9.17, 15) is 0 Å². The highest BCUT2D eigenvalue weighted by molar-refractivity contribution is 4.77. The molecule has 1 saturated heterocycles. The average Bonchev–Trinajstić information content (AvgIpc) is 2.39. The maximum absolute atomic E-state index is 3.54. The van der Waals surface area contributed by atoms with E-state index >= 15 is 0 Å². The van der Waals surface area contributed by atoms with Crippen LogP contribution in [-0.2, 0) is 0 Å². The normalized spacial score (nSPS) is 18.6. The zero-order chi connectivity index (χ0) is 15.0. The van der Waals surface area contributed by atoms with Crippen molar-refractivity contribution in [3.8, 4) is 0 Å². The van der Waals surface area contributed by atoms with E-state index in [1.54, 1.807) is 0 Å². The fourth-order valence-corrected chi connectivity index (χ4v) is 3.14. The third kappa shape index (κ3) is 7.05. The predicted molar refractivity (Wildman–Crippen MR) is 89.3 cm³/mol. The van der Waals surface area contributed by atoms with Crippen molar-refractivity contribution in [2.75, 3.05) is 39.3 Å². The van der Waals surface area contributed by atoms with Crippen LogP contribution < -0.4 is 5.32 Å². The number of hydrogen-bond acceptors (Lipinski definition) is 3. The molecule has 1 rings (SSSR count). The van der Waals surface area contributed by atoms with Gasteiger partial charge in [-0.15, -0.1) is 0 Å². The van der Waals surface area contributed by atoms with Crippen molar-refractivity contribution < 1.29 is 0 Å². The molecular weight excluding hydrogens is 246 g/mol. The molecule has 0 spiro atoms. The maximum Gasteiger partial charge on any atom is 0.0107 e. The summed E-state index contributed by atoms with van der Waals surface area (Å²) in [6, 6.07) is 1.32. The molecule has 3 nitrogen and oxygen atoms in total.